The quantitative estimate of drug-likeness (QED) is 0.283. The molecule has 2 aromatic carbocycles. The molecule has 1 fully saturated rings. The summed E-state index contributed by atoms with van der Waals surface area (Å²) >= 11 is 3.41. The number of nitrogens with one attached hydrogen (secondary N) is 1. The highest BCUT2D eigenvalue weighted by atomic mass is 79.9. The van der Waals surface area contributed by atoms with Gasteiger partial charge in [-0.1, -0.05) is 52.3 Å². The molecule has 1 atom stereocenters. The number of piperidine rings is 1. The predicted molar refractivity (Wildman–Crippen MR) is 148 cm³/mol. The van der Waals surface area contributed by atoms with E-state index >= 15 is 0 Å². The molecule has 1 aliphatic heterocycles. The van der Waals surface area contributed by atoms with E-state index in [1.165, 1.54) is 17.8 Å². The van der Waals surface area contributed by atoms with E-state index in [1.807, 2.05) is 51.1 Å². The summed E-state index contributed by atoms with van der Waals surface area (Å²) in [6.07, 6.45) is 5.12. The van der Waals surface area contributed by atoms with Crippen LogP contribution >= 0.6 is 15.9 Å². The molecule has 0 amide bonds. The normalized spacial score (nSPS) is 15.4. The number of ether oxygens (including phenoxy) is 1. The minimum Gasteiger partial charge on any atom is -0.462 e. The lowest BCUT2D eigenvalue weighted by Crippen LogP contribution is -2.26. The van der Waals surface area contributed by atoms with Gasteiger partial charge in [-0.2, -0.15) is 0 Å². The highest BCUT2D eigenvalue weighted by Crippen LogP contribution is 2.34. The van der Waals surface area contributed by atoms with Crippen LogP contribution in [0, 0.1) is 0 Å². The Hall–Kier alpha value is -2.55. The average Bonchev–Trinajstić information content (AvgIpc) is 2.84. The van der Waals surface area contributed by atoms with Gasteiger partial charge in [0.2, 0.25) is 0 Å². The molecule has 4 rings (SSSR count). The molecule has 0 saturated carbocycles. The molecule has 0 spiro atoms. The van der Waals surface area contributed by atoms with E-state index in [0.717, 1.165) is 41.3 Å². The standard InChI is InChI=1S/C23H23BrN2O2S.C5H10O2/c1-2-22(17-5-3-7-19(24)13-17)29(27,28)20-14-18-6-4-8-21(23(18)26-15-20)16-9-11-25-12-10-16;1-5(2,3)7-4-6/h2-8,13-16,22,25H,1,9-12H2;4H,1-3H3. The number of sulfone groups is 1. The van der Waals surface area contributed by atoms with Crippen LogP contribution in [-0.4, -0.2) is 38.6 Å². The smallest absolute Gasteiger partial charge is 0.293 e. The van der Waals surface area contributed by atoms with E-state index in [9.17, 15) is 13.2 Å². The summed E-state index contributed by atoms with van der Waals surface area (Å²) in [5.41, 5.74) is 2.47. The molecule has 2 heterocycles. The number of rotatable bonds is 6. The minimum absolute atomic E-state index is 0.220. The van der Waals surface area contributed by atoms with Gasteiger partial charge in [-0.15, -0.1) is 6.58 Å². The Morgan fingerprint density at radius 3 is 2.42 bits per heavy atom. The molecule has 0 bridgehead atoms. The van der Waals surface area contributed by atoms with E-state index in [1.54, 1.807) is 12.1 Å². The number of benzene rings is 2. The van der Waals surface area contributed by atoms with Crippen LogP contribution in [0.2, 0.25) is 0 Å². The van der Waals surface area contributed by atoms with Crippen molar-refractivity contribution in [2.45, 2.75) is 55.3 Å². The predicted octanol–water partition coefficient (Wildman–Crippen LogP) is 6.12. The summed E-state index contributed by atoms with van der Waals surface area (Å²) in [6.45, 7) is 11.7. The third-order valence-electron chi connectivity index (χ3n) is 5.95. The van der Waals surface area contributed by atoms with E-state index < -0.39 is 15.1 Å². The Labute approximate surface area is 222 Å². The molecule has 1 N–H and O–H groups in total. The lowest BCUT2D eigenvalue weighted by Gasteiger charge is -2.24. The molecule has 1 unspecified atom stereocenters. The Morgan fingerprint density at radius 1 is 1.14 bits per heavy atom. The van der Waals surface area contributed by atoms with Crippen molar-refractivity contribution in [3.8, 4) is 0 Å². The van der Waals surface area contributed by atoms with Gasteiger partial charge in [0.1, 0.15) is 10.9 Å². The molecule has 6 nitrogen and oxygen atoms in total. The summed E-state index contributed by atoms with van der Waals surface area (Å²) < 4.78 is 32.1. The maximum absolute atomic E-state index is 13.4. The molecule has 3 aromatic rings. The first-order chi connectivity index (χ1) is 17.1. The number of carbonyl (C=O) groups is 1. The lowest BCUT2D eigenvalue weighted by atomic mass is 9.89. The first kappa shape index (κ1) is 28.0. The van der Waals surface area contributed by atoms with Gasteiger partial charge in [-0.05, 0) is 81.9 Å². The zero-order valence-electron chi connectivity index (χ0n) is 20.9. The number of pyridine rings is 1. The zero-order valence-corrected chi connectivity index (χ0v) is 23.3. The number of aromatic nitrogens is 1. The summed E-state index contributed by atoms with van der Waals surface area (Å²) in [5, 5.41) is 3.42. The van der Waals surface area contributed by atoms with Crippen molar-refractivity contribution in [2.24, 2.45) is 0 Å². The molecule has 1 aromatic heterocycles. The Morgan fingerprint density at radius 2 is 1.83 bits per heavy atom. The first-order valence-corrected chi connectivity index (χ1v) is 14.2. The zero-order chi connectivity index (χ0) is 26.3. The van der Waals surface area contributed by atoms with E-state index in [2.05, 4.69) is 43.6 Å². The molecule has 8 heteroatoms. The number of halogens is 1. The third kappa shape index (κ3) is 7.02. The van der Waals surface area contributed by atoms with Crippen LogP contribution in [0.5, 0.6) is 0 Å². The summed E-state index contributed by atoms with van der Waals surface area (Å²) in [4.78, 5) is 14.4. The number of hydrogen-bond donors (Lipinski definition) is 1. The van der Waals surface area contributed by atoms with Gasteiger partial charge in [0.25, 0.3) is 6.47 Å². The number of para-hydroxylation sites is 1. The van der Waals surface area contributed by atoms with Crippen LogP contribution in [0.1, 0.15) is 55.9 Å². The summed E-state index contributed by atoms with van der Waals surface area (Å²) in [5.74, 6) is 0.456. The van der Waals surface area contributed by atoms with Gasteiger partial charge in [-0.25, -0.2) is 8.42 Å². The Balaban J connectivity index is 0.000000454. The maximum atomic E-state index is 13.4. The van der Waals surface area contributed by atoms with Crippen molar-refractivity contribution in [1.29, 1.82) is 0 Å². The monoisotopic (exact) mass is 572 g/mol. The highest BCUT2D eigenvalue weighted by Gasteiger charge is 2.28. The van der Waals surface area contributed by atoms with E-state index in [4.69, 9.17) is 0 Å². The summed E-state index contributed by atoms with van der Waals surface area (Å²) in [7, 11) is -3.66. The summed E-state index contributed by atoms with van der Waals surface area (Å²) in [6, 6.07) is 15.1. The van der Waals surface area contributed by atoms with E-state index in [-0.39, 0.29) is 10.5 Å². The van der Waals surface area contributed by atoms with Gasteiger partial charge in [-0.3, -0.25) is 9.78 Å². The number of nitrogens with zero attached hydrogens (tertiary/aromatic N) is 1. The molecule has 0 aliphatic carbocycles. The third-order valence-corrected chi connectivity index (χ3v) is 8.46. The molecular weight excluding hydrogens is 540 g/mol. The maximum Gasteiger partial charge on any atom is 0.293 e. The van der Waals surface area contributed by atoms with Crippen molar-refractivity contribution in [1.82, 2.24) is 10.3 Å². The number of hydrogen-bond acceptors (Lipinski definition) is 6. The average molecular weight is 574 g/mol. The van der Waals surface area contributed by atoms with E-state index in [0.29, 0.717) is 18.0 Å². The van der Waals surface area contributed by atoms with Crippen molar-refractivity contribution in [3.05, 3.63) is 83.0 Å². The van der Waals surface area contributed by atoms with Crippen LogP contribution in [-0.2, 0) is 19.4 Å². The van der Waals surface area contributed by atoms with Gasteiger partial charge in [0.15, 0.2) is 9.84 Å². The second-order valence-corrected chi connectivity index (χ2v) is 12.7. The van der Waals surface area contributed by atoms with Crippen LogP contribution in [0.3, 0.4) is 0 Å². The van der Waals surface area contributed by atoms with Crippen LogP contribution in [0.4, 0.5) is 0 Å². The fourth-order valence-electron chi connectivity index (χ4n) is 4.20. The topological polar surface area (TPSA) is 85.4 Å². The van der Waals surface area contributed by atoms with Gasteiger partial charge in [0.05, 0.1) is 10.4 Å². The Bertz CT molecular complexity index is 1310. The molecule has 1 aliphatic rings. The van der Waals surface area contributed by atoms with Crippen LogP contribution in [0.15, 0.2) is 76.8 Å². The molecule has 1 saturated heterocycles. The highest BCUT2D eigenvalue weighted by molar-refractivity contribution is 9.10. The van der Waals surface area contributed by atoms with Crippen molar-refractivity contribution >= 4 is 43.1 Å². The van der Waals surface area contributed by atoms with Crippen LogP contribution < -0.4 is 5.32 Å². The lowest BCUT2D eigenvalue weighted by molar-refractivity contribution is -0.138. The second-order valence-electron chi connectivity index (χ2n) is 9.70. The molecule has 0 radical (unpaired) electrons. The second kappa shape index (κ2) is 12.1. The minimum atomic E-state index is -3.66. The largest absolute Gasteiger partial charge is 0.462 e. The van der Waals surface area contributed by atoms with Gasteiger partial charge < -0.3 is 10.1 Å². The van der Waals surface area contributed by atoms with Gasteiger partial charge >= 0.3 is 0 Å². The number of carbonyl (C=O) groups excluding carboxylic acids is 1. The SMILES string of the molecule is C=CC(c1cccc(Br)c1)S(=O)(=O)c1cnc2c(C3CCNCC3)cccc2c1.CC(C)(C)OC=O. The number of fused-ring (bicyclic) bond motifs is 1. The fraction of sp³-hybridized carbons (Fsp3) is 0.357. The van der Waals surface area contributed by atoms with Crippen LogP contribution in [0.25, 0.3) is 10.9 Å². The molecule has 192 valence electrons. The molecule has 36 heavy (non-hydrogen) atoms. The first-order valence-electron chi connectivity index (χ1n) is 11.9. The van der Waals surface area contributed by atoms with Gasteiger partial charge in [0, 0.05) is 16.1 Å². The Kier molecular flexibility index (Phi) is 9.44. The van der Waals surface area contributed by atoms with Crippen molar-refractivity contribution < 1.29 is 17.9 Å². The van der Waals surface area contributed by atoms with Crippen molar-refractivity contribution in [2.75, 3.05) is 13.1 Å². The van der Waals surface area contributed by atoms with Crippen molar-refractivity contribution in [3.63, 3.8) is 0 Å². The molecular formula is C28H33BrN2O4S. The fourth-order valence-corrected chi connectivity index (χ4v) is 6.16.